The molecule has 1 saturated heterocycles. The van der Waals surface area contributed by atoms with Gasteiger partial charge in [0.1, 0.15) is 23.4 Å². The molecule has 184 valence electrons. The summed E-state index contributed by atoms with van der Waals surface area (Å²) in [5.41, 5.74) is 3.45. The first-order valence-corrected chi connectivity index (χ1v) is 11.3. The second-order valence-corrected chi connectivity index (χ2v) is 8.43. The van der Waals surface area contributed by atoms with Crippen molar-refractivity contribution in [3.05, 3.63) is 52.4 Å². The summed E-state index contributed by atoms with van der Waals surface area (Å²) in [6.45, 7) is -0.0299. The van der Waals surface area contributed by atoms with Crippen molar-refractivity contribution in [3.8, 4) is 0 Å². The summed E-state index contributed by atoms with van der Waals surface area (Å²) in [5, 5.41) is 6.34. The van der Waals surface area contributed by atoms with Gasteiger partial charge in [0.2, 0.25) is 5.91 Å². The van der Waals surface area contributed by atoms with E-state index >= 15 is 0 Å². The number of H-pyrrole nitrogens is 1. The van der Waals surface area contributed by atoms with E-state index < -0.39 is 24.0 Å². The van der Waals surface area contributed by atoms with E-state index in [0.717, 1.165) is 11.3 Å². The third-order valence-electron chi connectivity index (χ3n) is 5.68. The number of carbonyl (C=O) groups excluding carboxylic acids is 2. The number of alkyl halides is 1. The molecule has 1 fully saturated rings. The predicted molar refractivity (Wildman–Crippen MR) is 131 cm³/mol. The molecule has 0 bridgehead atoms. The fourth-order valence-corrected chi connectivity index (χ4v) is 4.06. The number of amides is 2. The molecule has 1 atom stereocenters. The Balaban J connectivity index is 1.63. The number of ether oxygens (including phenoxy) is 1. The van der Waals surface area contributed by atoms with E-state index in [-0.39, 0.29) is 25.3 Å². The van der Waals surface area contributed by atoms with Gasteiger partial charge in [-0.25, -0.2) is 14.4 Å². The zero-order valence-electron chi connectivity index (χ0n) is 19.4. The van der Waals surface area contributed by atoms with Gasteiger partial charge < -0.3 is 25.3 Å². The van der Waals surface area contributed by atoms with Gasteiger partial charge >= 0.3 is 0 Å². The van der Waals surface area contributed by atoms with Crippen molar-refractivity contribution in [1.29, 1.82) is 0 Å². The van der Waals surface area contributed by atoms with Crippen molar-refractivity contribution in [2.45, 2.75) is 12.2 Å². The maximum Gasteiger partial charge on any atom is 0.255 e. The number of aromatic amines is 1. The monoisotopic (exact) mass is 501 g/mol. The molecule has 0 saturated carbocycles. The normalized spacial score (nSPS) is 15.1. The van der Waals surface area contributed by atoms with Crippen LogP contribution in [-0.4, -0.2) is 90.5 Å². The summed E-state index contributed by atoms with van der Waals surface area (Å²) < 4.78 is 18.3. The van der Waals surface area contributed by atoms with Crippen LogP contribution in [0.1, 0.15) is 21.6 Å². The third kappa shape index (κ3) is 4.96. The van der Waals surface area contributed by atoms with Gasteiger partial charge in [-0.3, -0.25) is 14.6 Å². The first-order valence-electron chi connectivity index (χ1n) is 10.9. The Hall–Kier alpha value is -3.57. The number of rotatable bonds is 8. The number of fused-ring (bicyclic) bond motifs is 1. The van der Waals surface area contributed by atoms with Crippen molar-refractivity contribution >= 4 is 46.0 Å². The topological polar surface area (TPSA) is 125 Å². The first-order chi connectivity index (χ1) is 16.9. The summed E-state index contributed by atoms with van der Waals surface area (Å²) >= 11 is 6.12. The number of hydrogen-bond acceptors (Lipinski definition) is 7. The fourth-order valence-electron chi connectivity index (χ4n) is 3.88. The van der Waals surface area contributed by atoms with Crippen LogP contribution in [0.4, 0.5) is 10.1 Å². The van der Waals surface area contributed by atoms with Gasteiger partial charge in [-0.05, 0) is 18.2 Å². The quantitative estimate of drug-likeness (QED) is 0.406. The molecule has 0 radical (unpaired) electrons. The van der Waals surface area contributed by atoms with Crippen LogP contribution in [0.5, 0.6) is 0 Å². The summed E-state index contributed by atoms with van der Waals surface area (Å²) in [7, 11) is 4.84. The van der Waals surface area contributed by atoms with Crippen molar-refractivity contribution < 1.29 is 18.7 Å². The summed E-state index contributed by atoms with van der Waals surface area (Å²) in [5.74, 6) is -0.934. The Morgan fingerprint density at radius 2 is 2.14 bits per heavy atom. The SMILES string of the molecule is C/N=C(/c1cnc2[nH]cc(C(=O)N[C@H](COC)C(=O)N3CC(F)C3)c2n1)c1ccc(Cl)cc1NC. The molecule has 1 aromatic carbocycles. The van der Waals surface area contributed by atoms with Gasteiger partial charge in [0.25, 0.3) is 5.91 Å². The number of nitrogens with zero attached hydrogens (tertiary/aromatic N) is 4. The van der Waals surface area contributed by atoms with Crippen molar-refractivity contribution in [1.82, 2.24) is 25.2 Å². The lowest BCUT2D eigenvalue weighted by Crippen LogP contribution is -2.59. The molecule has 35 heavy (non-hydrogen) atoms. The second kappa shape index (κ2) is 10.4. The lowest BCUT2D eigenvalue weighted by atomic mass is 10.0. The van der Waals surface area contributed by atoms with Crippen molar-refractivity contribution in [2.24, 2.45) is 4.99 Å². The van der Waals surface area contributed by atoms with E-state index in [4.69, 9.17) is 16.3 Å². The van der Waals surface area contributed by atoms with Gasteiger partial charge in [-0.2, -0.15) is 0 Å². The molecule has 1 aliphatic heterocycles. The zero-order chi connectivity index (χ0) is 25.1. The lowest BCUT2D eigenvalue weighted by molar-refractivity contribution is -0.141. The van der Waals surface area contributed by atoms with E-state index in [2.05, 4.69) is 30.6 Å². The number of aromatic nitrogens is 3. The van der Waals surface area contributed by atoms with Gasteiger partial charge in [-0.15, -0.1) is 0 Å². The second-order valence-electron chi connectivity index (χ2n) is 7.99. The first kappa shape index (κ1) is 24.6. The number of halogens is 2. The number of nitrogens with one attached hydrogen (secondary N) is 3. The standard InChI is InChI=1S/C23H25ClFN7O3/c1-26-16-6-12(24)4-5-14(16)19(27-2)17-8-29-21-20(30-17)15(7-28-21)22(33)31-18(11-35-3)23(34)32-9-13(25)10-32/h4-8,13,18,26H,9-11H2,1-3H3,(H,28,29)(H,31,33)/b27-19+/t18-/m1/s1. The molecule has 2 amide bonds. The molecule has 3 aromatic rings. The maximum atomic E-state index is 13.2. The van der Waals surface area contributed by atoms with Gasteiger partial charge in [0.15, 0.2) is 5.65 Å². The number of benzene rings is 1. The summed E-state index contributed by atoms with van der Waals surface area (Å²) in [6, 6.07) is 4.40. The number of aliphatic imine (C=N–C) groups is 1. The Kier molecular flexibility index (Phi) is 7.27. The molecule has 3 N–H and O–H groups in total. The molecule has 12 heteroatoms. The number of hydrogen-bond donors (Lipinski definition) is 3. The molecule has 0 spiro atoms. The van der Waals surface area contributed by atoms with Gasteiger partial charge in [-0.1, -0.05) is 11.6 Å². The van der Waals surface area contributed by atoms with E-state index in [9.17, 15) is 14.0 Å². The molecule has 2 aromatic heterocycles. The van der Waals surface area contributed by atoms with E-state index in [0.29, 0.717) is 27.6 Å². The number of likely N-dealkylation sites (tertiary alicyclic amines) is 1. The van der Waals surface area contributed by atoms with E-state index in [1.165, 1.54) is 18.2 Å². The number of methoxy groups -OCH3 is 1. The van der Waals surface area contributed by atoms with Crippen LogP contribution in [0.3, 0.4) is 0 Å². The van der Waals surface area contributed by atoms with E-state index in [1.54, 1.807) is 32.4 Å². The highest BCUT2D eigenvalue weighted by Gasteiger charge is 2.35. The van der Waals surface area contributed by atoms with E-state index in [1.807, 2.05) is 6.07 Å². The van der Waals surface area contributed by atoms with Crippen LogP contribution in [-0.2, 0) is 9.53 Å². The largest absolute Gasteiger partial charge is 0.388 e. The summed E-state index contributed by atoms with van der Waals surface area (Å²) in [4.78, 5) is 43.5. The maximum absolute atomic E-state index is 13.2. The van der Waals surface area contributed by atoms with Crippen LogP contribution in [0.25, 0.3) is 11.2 Å². The highest BCUT2D eigenvalue weighted by Crippen LogP contribution is 2.24. The lowest BCUT2D eigenvalue weighted by Gasteiger charge is -2.36. The Morgan fingerprint density at radius 1 is 1.37 bits per heavy atom. The Morgan fingerprint density at radius 3 is 2.80 bits per heavy atom. The molecule has 4 rings (SSSR count). The Bertz CT molecular complexity index is 1290. The smallest absolute Gasteiger partial charge is 0.255 e. The molecule has 10 nitrogen and oxygen atoms in total. The van der Waals surface area contributed by atoms with Crippen LogP contribution in [0.15, 0.2) is 35.6 Å². The highest BCUT2D eigenvalue weighted by atomic mass is 35.5. The zero-order valence-corrected chi connectivity index (χ0v) is 20.2. The minimum absolute atomic E-state index is 0.00920. The summed E-state index contributed by atoms with van der Waals surface area (Å²) in [6.07, 6.45) is 1.99. The van der Waals surface area contributed by atoms with Crippen LogP contribution >= 0.6 is 11.6 Å². The van der Waals surface area contributed by atoms with Gasteiger partial charge in [0, 0.05) is 43.7 Å². The minimum Gasteiger partial charge on any atom is -0.388 e. The third-order valence-corrected chi connectivity index (χ3v) is 5.92. The molecule has 0 unspecified atom stereocenters. The fraction of sp³-hybridized carbons (Fsp3) is 0.348. The average molecular weight is 502 g/mol. The van der Waals surface area contributed by atoms with Crippen LogP contribution in [0, 0.1) is 0 Å². The molecule has 1 aliphatic rings. The van der Waals surface area contributed by atoms with Crippen LogP contribution in [0.2, 0.25) is 5.02 Å². The predicted octanol–water partition coefficient (Wildman–Crippen LogP) is 2.05. The molecular weight excluding hydrogens is 477 g/mol. The van der Waals surface area contributed by atoms with Crippen molar-refractivity contribution in [3.63, 3.8) is 0 Å². The Labute approximate surface area is 205 Å². The van der Waals surface area contributed by atoms with Gasteiger partial charge in [0.05, 0.1) is 37.2 Å². The minimum atomic E-state index is -1.04. The number of carbonyl (C=O) groups is 2. The molecule has 0 aliphatic carbocycles. The molecule has 3 heterocycles. The number of anilines is 1. The van der Waals surface area contributed by atoms with Crippen LogP contribution < -0.4 is 10.6 Å². The molecular formula is C23H25ClFN7O3. The van der Waals surface area contributed by atoms with Crippen molar-refractivity contribution in [2.75, 3.05) is 46.2 Å². The average Bonchev–Trinajstić information content (AvgIpc) is 3.26. The highest BCUT2D eigenvalue weighted by molar-refractivity contribution is 6.31.